The second-order valence-electron chi connectivity index (χ2n) is 3.55. The van der Waals surface area contributed by atoms with Gasteiger partial charge in [0.15, 0.2) is 5.58 Å². The highest BCUT2D eigenvalue weighted by Crippen LogP contribution is 2.21. The number of nitrogens with zero attached hydrogens (tertiary/aromatic N) is 1. The molecular formula is C13H8ClNOS. The number of aromatic nitrogens is 1. The Kier molecular flexibility index (Phi) is 2.71. The summed E-state index contributed by atoms with van der Waals surface area (Å²) in [5.41, 5.74) is 2.68. The van der Waals surface area contributed by atoms with Crippen molar-refractivity contribution in [1.29, 1.82) is 0 Å². The van der Waals surface area contributed by atoms with E-state index in [2.05, 4.69) is 10.4 Å². The molecule has 0 unspecified atom stereocenters. The van der Waals surface area contributed by atoms with Gasteiger partial charge in [-0.2, -0.15) is 11.3 Å². The maximum Gasteiger partial charge on any atom is 0.220 e. The molecule has 0 amide bonds. The predicted molar refractivity (Wildman–Crippen MR) is 72.3 cm³/mol. The second-order valence-corrected chi connectivity index (χ2v) is 4.77. The van der Waals surface area contributed by atoms with Crippen LogP contribution in [0.25, 0.3) is 23.3 Å². The van der Waals surface area contributed by atoms with Crippen LogP contribution in [0, 0.1) is 0 Å². The standard InChI is InChI=1S/C13H8ClNOS/c14-10-2-3-12-11(7-10)15-13(16-12)4-1-9-5-6-17-8-9/h1-8H. The third-order valence-corrected chi connectivity index (χ3v) is 3.26. The fraction of sp³-hybridized carbons (Fsp3) is 0. The molecule has 0 aliphatic carbocycles. The molecule has 0 N–H and O–H groups in total. The SMILES string of the molecule is Clc1ccc2oc(C=Cc3ccsc3)nc2c1. The zero-order chi connectivity index (χ0) is 11.7. The molecule has 0 atom stereocenters. The Morgan fingerprint density at radius 1 is 1.24 bits per heavy atom. The maximum absolute atomic E-state index is 5.89. The second kappa shape index (κ2) is 4.35. The van der Waals surface area contributed by atoms with E-state index in [0.717, 1.165) is 16.7 Å². The lowest BCUT2D eigenvalue weighted by molar-refractivity contribution is 0.590. The molecule has 1 aromatic carbocycles. The fourth-order valence-corrected chi connectivity index (χ4v) is 2.32. The number of hydrogen-bond acceptors (Lipinski definition) is 3. The minimum atomic E-state index is 0.591. The molecule has 0 fully saturated rings. The van der Waals surface area contributed by atoms with Gasteiger partial charge in [0.1, 0.15) is 5.52 Å². The number of hydrogen-bond donors (Lipinski definition) is 0. The third kappa shape index (κ3) is 2.25. The Bertz CT molecular complexity index is 670. The van der Waals surface area contributed by atoms with Crippen LogP contribution < -0.4 is 0 Å². The number of benzene rings is 1. The van der Waals surface area contributed by atoms with Crippen LogP contribution in [0.5, 0.6) is 0 Å². The molecule has 84 valence electrons. The quantitative estimate of drug-likeness (QED) is 0.667. The average Bonchev–Trinajstić information content (AvgIpc) is 2.94. The molecule has 2 nitrogen and oxygen atoms in total. The molecule has 0 saturated heterocycles. The van der Waals surface area contributed by atoms with E-state index in [1.54, 1.807) is 23.5 Å². The fourth-order valence-electron chi connectivity index (χ4n) is 1.53. The van der Waals surface area contributed by atoms with Crippen molar-refractivity contribution >= 4 is 46.2 Å². The Morgan fingerprint density at radius 3 is 3.00 bits per heavy atom. The van der Waals surface area contributed by atoms with Gasteiger partial charge in [0.2, 0.25) is 5.89 Å². The highest BCUT2D eigenvalue weighted by Gasteiger charge is 2.03. The van der Waals surface area contributed by atoms with Crippen molar-refractivity contribution in [2.24, 2.45) is 0 Å². The molecule has 3 rings (SSSR count). The summed E-state index contributed by atoms with van der Waals surface area (Å²) in [5, 5.41) is 4.76. The van der Waals surface area contributed by atoms with E-state index in [4.69, 9.17) is 16.0 Å². The van der Waals surface area contributed by atoms with Crippen LogP contribution in [0.3, 0.4) is 0 Å². The van der Waals surface area contributed by atoms with Gasteiger partial charge in [-0.3, -0.25) is 0 Å². The first-order chi connectivity index (χ1) is 8.31. The molecule has 0 radical (unpaired) electrons. The minimum absolute atomic E-state index is 0.591. The maximum atomic E-state index is 5.89. The Hall–Kier alpha value is -1.58. The Morgan fingerprint density at radius 2 is 2.18 bits per heavy atom. The zero-order valence-electron chi connectivity index (χ0n) is 8.76. The number of oxazole rings is 1. The normalized spacial score (nSPS) is 11.6. The lowest BCUT2D eigenvalue weighted by Crippen LogP contribution is -1.69. The number of halogens is 1. The van der Waals surface area contributed by atoms with Crippen LogP contribution in [0.1, 0.15) is 11.5 Å². The van der Waals surface area contributed by atoms with Gasteiger partial charge in [0, 0.05) is 11.1 Å². The van der Waals surface area contributed by atoms with E-state index in [0.29, 0.717) is 10.9 Å². The van der Waals surface area contributed by atoms with Crippen molar-refractivity contribution in [3.05, 3.63) is 51.5 Å². The summed E-state index contributed by atoms with van der Waals surface area (Å²) < 4.78 is 5.57. The van der Waals surface area contributed by atoms with Gasteiger partial charge in [0.05, 0.1) is 0 Å². The van der Waals surface area contributed by atoms with E-state index in [-0.39, 0.29) is 0 Å². The Labute approximate surface area is 107 Å². The van der Waals surface area contributed by atoms with Crippen LogP contribution >= 0.6 is 22.9 Å². The molecule has 4 heteroatoms. The largest absolute Gasteiger partial charge is 0.437 e. The van der Waals surface area contributed by atoms with E-state index in [1.165, 1.54) is 0 Å². The van der Waals surface area contributed by atoms with Gasteiger partial charge in [-0.05, 0) is 46.7 Å². The molecule has 0 aliphatic rings. The smallest absolute Gasteiger partial charge is 0.220 e. The minimum Gasteiger partial charge on any atom is -0.437 e. The molecule has 2 aromatic heterocycles. The van der Waals surface area contributed by atoms with Crippen molar-refractivity contribution in [1.82, 2.24) is 4.98 Å². The van der Waals surface area contributed by atoms with Gasteiger partial charge in [0.25, 0.3) is 0 Å². The predicted octanol–water partition coefficient (Wildman–Crippen LogP) is 4.71. The van der Waals surface area contributed by atoms with Gasteiger partial charge in [-0.25, -0.2) is 4.98 Å². The monoisotopic (exact) mass is 261 g/mol. The van der Waals surface area contributed by atoms with Crippen molar-refractivity contribution in [2.45, 2.75) is 0 Å². The first kappa shape index (κ1) is 10.6. The number of thiophene rings is 1. The Balaban J connectivity index is 1.96. The van der Waals surface area contributed by atoms with Crippen LogP contribution in [0.4, 0.5) is 0 Å². The van der Waals surface area contributed by atoms with Crippen molar-refractivity contribution < 1.29 is 4.42 Å². The topological polar surface area (TPSA) is 26.0 Å². The first-order valence-corrected chi connectivity index (χ1v) is 6.40. The average molecular weight is 262 g/mol. The highest BCUT2D eigenvalue weighted by atomic mass is 35.5. The van der Waals surface area contributed by atoms with Crippen LogP contribution in [0.15, 0.2) is 39.4 Å². The summed E-state index contributed by atoms with van der Waals surface area (Å²) in [4.78, 5) is 4.34. The van der Waals surface area contributed by atoms with Crippen LogP contribution in [0.2, 0.25) is 5.02 Å². The summed E-state index contributed by atoms with van der Waals surface area (Å²) in [6.07, 6.45) is 3.83. The van der Waals surface area contributed by atoms with Gasteiger partial charge in [-0.15, -0.1) is 0 Å². The summed E-state index contributed by atoms with van der Waals surface area (Å²) in [6.45, 7) is 0. The summed E-state index contributed by atoms with van der Waals surface area (Å²) in [5.74, 6) is 0.591. The zero-order valence-corrected chi connectivity index (χ0v) is 10.3. The van der Waals surface area contributed by atoms with E-state index in [1.807, 2.05) is 29.7 Å². The van der Waals surface area contributed by atoms with Gasteiger partial charge < -0.3 is 4.42 Å². The number of rotatable bonds is 2. The summed E-state index contributed by atoms with van der Waals surface area (Å²) >= 11 is 7.55. The molecule has 0 spiro atoms. The van der Waals surface area contributed by atoms with Gasteiger partial charge in [-0.1, -0.05) is 11.6 Å². The van der Waals surface area contributed by atoms with Crippen molar-refractivity contribution in [3.8, 4) is 0 Å². The van der Waals surface area contributed by atoms with Crippen LogP contribution in [-0.2, 0) is 0 Å². The van der Waals surface area contributed by atoms with Gasteiger partial charge >= 0.3 is 0 Å². The first-order valence-electron chi connectivity index (χ1n) is 5.08. The molecule has 3 aromatic rings. The lowest BCUT2D eigenvalue weighted by Gasteiger charge is -1.85. The lowest BCUT2D eigenvalue weighted by atomic mass is 10.3. The van der Waals surface area contributed by atoms with Crippen molar-refractivity contribution in [2.75, 3.05) is 0 Å². The highest BCUT2D eigenvalue weighted by molar-refractivity contribution is 7.08. The number of fused-ring (bicyclic) bond motifs is 1. The summed E-state index contributed by atoms with van der Waals surface area (Å²) in [7, 11) is 0. The van der Waals surface area contributed by atoms with E-state index >= 15 is 0 Å². The molecule has 0 saturated carbocycles. The van der Waals surface area contributed by atoms with Crippen LogP contribution in [-0.4, -0.2) is 4.98 Å². The molecular weight excluding hydrogens is 254 g/mol. The van der Waals surface area contributed by atoms with Crippen molar-refractivity contribution in [3.63, 3.8) is 0 Å². The molecule has 2 heterocycles. The molecule has 0 aliphatic heterocycles. The van der Waals surface area contributed by atoms with E-state index in [9.17, 15) is 0 Å². The molecule has 0 bridgehead atoms. The van der Waals surface area contributed by atoms with E-state index < -0.39 is 0 Å². The summed E-state index contributed by atoms with van der Waals surface area (Å²) in [6, 6.07) is 7.46. The molecule has 17 heavy (non-hydrogen) atoms. The third-order valence-electron chi connectivity index (χ3n) is 2.33.